The van der Waals surface area contributed by atoms with Crippen LogP contribution in [0.5, 0.6) is 17.2 Å². The molecule has 0 spiro atoms. The van der Waals surface area contributed by atoms with E-state index in [9.17, 15) is 9.59 Å². The van der Waals surface area contributed by atoms with Gasteiger partial charge < -0.3 is 18.9 Å². The van der Waals surface area contributed by atoms with Gasteiger partial charge in [0.2, 0.25) is 0 Å². The van der Waals surface area contributed by atoms with Gasteiger partial charge in [0.1, 0.15) is 5.75 Å². The zero-order valence-corrected chi connectivity index (χ0v) is 25.8. The molecule has 0 radical (unpaired) electrons. The fourth-order valence-electron chi connectivity index (χ4n) is 4.11. The third-order valence-electron chi connectivity index (χ3n) is 5.62. The van der Waals surface area contributed by atoms with Gasteiger partial charge in [0.05, 0.1) is 46.6 Å². The number of rotatable bonds is 9. The van der Waals surface area contributed by atoms with Crippen molar-refractivity contribution in [1.82, 2.24) is 4.57 Å². The lowest BCUT2D eigenvalue weighted by atomic mass is 9.97. The van der Waals surface area contributed by atoms with Gasteiger partial charge in [0.25, 0.3) is 5.56 Å². The van der Waals surface area contributed by atoms with Crippen molar-refractivity contribution in [2.75, 3.05) is 26.9 Å². The number of thiazole rings is 1. The molecule has 1 aliphatic rings. The molecular weight excluding hydrogens is 687 g/mol. The number of hydrogen-bond acceptors (Lipinski definition) is 8. The first-order valence-electron chi connectivity index (χ1n) is 11.9. The molecule has 2 heterocycles. The Morgan fingerprint density at radius 2 is 1.82 bits per heavy atom. The summed E-state index contributed by atoms with van der Waals surface area (Å²) in [5.41, 5.74) is 1.39. The Morgan fingerprint density at radius 3 is 2.50 bits per heavy atom. The summed E-state index contributed by atoms with van der Waals surface area (Å²) in [6.45, 7) is 7.08. The van der Waals surface area contributed by atoms with Crippen molar-refractivity contribution in [2.45, 2.75) is 26.8 Å². The molecule has 2 aromatic carbocycles. The first kappa shape index (κ1) is 28.4. The molecule has 4 rings (SSSR count). The van der Waals surface area contributed by atoms with E-state index in [1.165, 1.54) is 29.2 Å². The van der Waals surface area contributed by atoms with Crippen molar-refractivity contribution < 1.29 is 23.7 Å². The summed E-state index contributed by atoms with van der Waals surface area (Å²) in [5, 5.41) is 0. The highest BCUT2D eigenvalue weighted by molar-refractivity contribution is 14.1. The lowest BCUT2D eigenvalue weighted by Crippen LogP contribution is -2.39. The van der Waals surface area contributed by atoms with E-state index in [0.717, 1.165) is 13.6 Å². The molecule has 3 aromatic rings. The molecule has 38 heavy (non-hydrogen) atoms. The first-order valence-corrected chi connectivity index (χ1v) is 14.6. The van der Waals surface area contributed by atoms with E-state index in [-0.39, 0.29) is 11.1 Å². The molecule has 1 aliphatic heterocycles. The predicted molar refractivity (Wildman–Crippen MR) is 158 cm³/mol. The summed E-state index contributed by atoms with van der Waals surface area (Å²) in [7, 11) is 1.30. The maximum Gasteiger partial charge on any atom is 0.337 e. The van der Waals surface area contributed by atoms with Crippen LogP contribution < -0.4 is 29.1 Å². The smallest absolute Gasteiger partial charge is 0.337 e. The van der Waals surface area contributed by atoms with Crippen LogP contribution in [0.1, 0.15) is 37.9 Å². The van der Waals surface area contributed by atoms with Crippen LogP contribution in [-0.4, -0.2) is 37.5 Å². The van der Waals surface area contributed by atoms with Crippen LogP contribution in [0.25, 0.3) is 6.08 Å². The number of aromatic nitrogens is 1. The van der Waals surface area contributed by atoms with Crippen LogP contribution in [0.2, 0.25) is 0 Å². The van der Waals surface area contributed by atoms with Crippen LogP contribution >= 0.6 is 49.9 Å². The van der Waals surface area contributed by atoms with E-state index in [0.29, 0.717) is 52.0 Å². The van der Waals surface area contributed by atoms with Crippen molar-refractivity contribution in [2.24, 2.45) is 4.99 Å². The second-order valence-electron chi connectivity index (χ2n) is 7.99. The van der Waals surface area contributed by atoms with Crippen molar-refractivity contribution in [3.63, 3.8) is 0 Å². The van der Waals surface area contributed by atoms with Crippen molar-refractivity contribution >= 4 is 61.9 Å². The molecule has 0 amide bonds. The molecule has 0 aliphatic carbocycles. The highest BCUT2D eigenvalue weighted by atomic mass is 127. The molecule has 0 saturated carbocycles. The molecule has 11 heteroatoms. The van der Waals surface area contributed by atoms with Gasteiger partial charge >= 0.3 is 5.97 Å². The second-order valence-corrected chi connectivity index (χ2v) is 11.1. The zero-order valence-electron chi connectivity index (χ0n) is 21.2. The van der Waals surface area contributed by atoms with Crippen LogP contribution in [0.4, 0.5) is 0 Å². The Bertz CT molecular complexity index is 1580. The SMILES string of the molecule is CCOc1ccc([C@H]2C(C(=O)OC)=CN=c3s/c(=C/c4cc(Br)cc(I)c4OCC)c(=O)n32)cc1OCC. The van der Waals surface area contributed by atoms with Gasteiger partial charge in [-0.15, -0.1) is 0 Å². The van der Waals surface area contributed by atoms with Gasteiger partial charge in [0.15, 0.2) is 16.3 Å². The second kappa shape index (κ2) is 12.5. The normalized spacial score (nSPS) is 14.8. The number of benzene rings is 2. The molecule has 8 nitrogen and oxygen atoms in total. The summed E-state index contributed by atoms with van der Waals surface area (Å²) < 4.78 is 26.2. The third-order valence-corrected chi connectivity index (χ3v) is 7.88. The Hall–Kier alpha value is -2.64. The van der Waals surface area contributed by atoms with Gasteiger partial charge in [-0.3, -0.25) is 9.36 Å². The van der Waals surface area contributed by atoms with Gasteiger partial charge in [-0.1, -0.05) is 33.3 Å². The Kier molecular flexibility index (Phi) is 9.32. The highest BCUT2D eigenvalue weighted by Crippen LogP contribution is 2.35. The topological polar surface area (TPSA) is 88.4 Å². The maximum atomic E-state index is 13.9. The number of methoxy groups -OCH3 is 1. The van der Waals surface area contributed by atoms with E-state index in [1.54, 1.807) is 18.2 Å². The molecule has 0 bridgehead atoms. The van der Waals surface area contributed by atoms with Crippen molar-refractivity contribution in [1.29, 1.82) is 0 Å². The number of hydrogen-bond donors (Lipinski definition) is 0. The fourth-order valence-corrected chi connectivity index (χ4v) is 6.78. The number of carbonyl (C=O) groups excluding carboxylic acids is 1. The van der Waals surface area contributed by atoms with Gasteiger partial charge in [0, 0.05) is 16.2 Å². The summed E-state index contributed by atoms with van der Waals surface area (Å²) >= 11 is 6.99. The number of halogens is 2. The van der Waals surface area contributed by atoms with Crippen LogP contribution in [0, 0.1) is 3.57 Å². The van der Waals surface area contributed by atoms with E-state index in [2.05, 4.69) is 43.5 Å². The minimum atomic E-state index is -0.759. The predicted octanol–water partition coefficient (Wildman–Crippen LogP) is 4.58. The van der Waals surface area contributed by atoms with Gasteiger partial charge in [-0.2, -0.15) is 0 Å². The zero-order chi connectivity index (χ0) is 27.4. The number of ether oxygens (including phenoxy) is 4. The quantitative estimate of drug-likeness (QED) is 0.239. The summed E-state index contributed by atoms with van der Waals surface area (Å²) in [4.78, 5) is 31.6. The average molecular weight is 713 g/mol. The van der Waals surface area contributed by atoms with E-state index >= 15 is 0 Å². The Balaban J connectivity index is 1.94. The third kappa shape index (κ3) is 5.69. The van der Waals surface area contributed by atoms with Crippen LogP contribution in [0.15, 0.2) is 56.4 Å². The van der Waals surface area contributed by atoms with E-state index in [1.807, 2.05) is 39.0 Å². The fraction of sp³-hybridized carbons (Fsp3) is 0.296. The lowest BCUT2D eigenvalue weighted by Gasteiger charge is -2.23. The molecule has 0 N–H and O–H groups in total. The van der Waals surface area contributed by atoms with Crippen LogP contribution in [-0.2, 0) is 9.53 Å². The Labute approximate surface area is 245 Å². The largest absolute Gasteiger partial charge is 0.492 e. The molecule has 0 fully saturated rings. The number of esters is 1. The lowest BCUT2D eigenvalue weighted by molar-refractivity contribution is -0.136. The molecule has 0 unspecified atom stereocenters. The average Bonchev–Trinajstić information content (AvgIpc) is 3.21. The monoisotopic (exact) mass is 712 g/mol. The van der Waals surface area contributed by atoms with Gasteiger partial charge in [-0.05, 0) is 79.3 Å². The summed E-state index contributed by atoms with van der Waals surface area (Å²) in [5.74, 6) is 1.24. The highest BCUT2D eigenvalue weighted by Gasteiger charge is 2.31. The number of fused-ring (bicyclic) bond motifs is 1. The number of nitrogens with zero attached hydrogens (tertiary/aromatic N) is 2. The standard InChI is InChI=1S/C27H26BrIN2O6S/c1-5-35-20-9-8-15(11-21(20)36-6-2)23-18(26(33)34-4)14-30-27-31(23)25(32)22(38-27)12-16-10-17(28)13-19(29)24(16)37-7-3/h8-14,23H,5-7H2,1-4H3/b22-12+/t23-/m0/s1. The minimum Gasteiger partial charge on any atom is -0.492 e. The molecule has 200 valence electrons. The van der Waals surface area contributed by atoms with Crippen molar-refractivity contribution in [3.8, 4) is 17.2 Å². The first-order chi connectivity index (χ1) is 18.3. The van der Waals surface area contributed by atoms with Crippen LogP contribution in [0.3, 0.4) is 0 Å². The molecule has 1 atom stereocenters. The molecule has 0 saturated heterocycles. The summed E-state index contributed by atoms with van der Waals surface area (Å²) in [6.07, 6.45) is 3.26. The maximum absolute atomic E-state index is 13.9. The van der Waals surface area contributed by atoms with Gasteiger partial charge in [-0.25, -0.2) is 9.79 Å². The molecular formula is C27H26BrIN2O6S. The minimum absolute atomic E-state index is 0.241. The molecule has 1 aromatic heterocycles. The van der Waals surface area contributed by atoms with E-state index in [4.69, 9.17) is 18.9 Å². The van der Waals surface area contributed by atoms with E-state index < -0.39 is 12.0 Å². The number of carbonyl (C=O) groups is 1. The Morgan fingerprint density at radius 1 is 1.11 bits per heavy atom. The van der Waals surface area contributed by atoms with Crippen molar-refractivity contribution in [3.05, 3.63) is 81.0 Å². The summed E-state index contributed by atoms with van der Waals surface area (Å²) in [6, 6.07) is 8.50.